The molecule has 36 heavy (non-hydrogen) atoms. The Morgan fingerprint density at radius 3 is 2.42 bits per heavy atom. The number of ether oxygens (including phenoxy) is 2. The van der Waals surface area contributed by atoms with E-state index in [9.17, 15) is 14.4 Å². The number of anilines is 2. The molecule has 1 N–H and O–H groups in total. The van der Waals surface area contributed by atoms with Crippen LogP contribution in [0, 0.1) is 11.8 Å². The number of thiophene rings is 1. The van der Waals surface area contributed by atoms with Crippen molar-refractivity contribution in [2.45, 2.75) is 58.6 Å². The predicted molar refractivity (Wildman–Crippen MR) is 142 cm³/mol. The number of hydrogen-bond donors (Lipinski definition) is 1. The molecule has 0 bridgehead atoms. The van der Waals surface area contributed by atoms with Gasteiger partial charge in [0.2, 0.25) is 5.91 Å². The molecule has 2 aliphatic rings. The molecule has 1 unspecified atom stereocenters. The summed E-state index contributed by atoms with van der Waals surface area (Å²) in [6.07, 6.45) is 4.52. The minimum absolute atomic E-state index is 0.0328. The van der Waals surface area contributed by atoms with Crippen LogP contribution >= 0.6 is 11.3 Å². The number of hydrogen-bond acceptors (Lipinski definition) is 7. The third-order valence-electron chi connectivity index (χ3n) is 6.76. The second-order valence-electron chi connectivity index (χ2n) is 9.74. The largest absolute Gasteiger partial charge is 0.469 e. The van der Waals surface area contributed by atoms with Gasteiger partial charge in [0.15, 0.2) is 12.5 Å². The van der Waals surface area contributed by atoms with Crippen molar-refractivity contribution in [3.05, 3.63) is 35.2 Å². The van der Waals surface area contributed by atoms with Crippen molar-refractivity contribution in [1.82, 2.24) is 0 Å². The van der Waals surface area contributed by atoms with Crippen LogP contribution in [0.5, 0.6) is 0 Å². The number of nitrogens with one attached hydrogen (secondary N) is 1. The van der Waals surface area contributed by atoms with E-state index < -0.39 is 12.1 Å². The second-order valence-corrected chi connectivity index (χ2v) is 10.8. The number of carbonyl (C=O) groups is 3. The first-order valence-electron chi connectivity index (χ1n) is 12.4. The zero-order valence-corrected chi connectivity index (χ0v) is 22.0. The van der Waals surface area contributed by atoms with E-state index >= 15 is 0 Å². The van der Waals surface area contributed by atoms with Crippen molar-refractivity contribution in [1.29, 1.82) is 0 Å². The minimum atomic E-state index is -0.612. The molecule has 4 rings (SSSR count). The summed E-state index contributed by atoms with van der Waals surface area (Å²) in [7, 11) is 1.35. The normalized spacial score (nSPS) is 21.2. The van der Waals surface area contributed by atoms with E-state index in [4.69, 9.17) is 9.47 Å². The van der Waals surface area contributed by atoms with Crippen LogP contribution in [0.15, 0.2) is 35.3 Å². The highest BCUT2D eigenvalue weighted by molar-refractivity contribution is 7.18. The van der Waals surface area contributed by atoms with Gasteiger partial charge in [-0.1, -0.05) is 19.1 Å². The molecule has 1 fully saturated rings. The Bertz CT molecular complexity index is 1120. The lowest BCUT2D eigenvalue weighted by Gasteiger charge is -2.33. The van der Waals surface area contributed by atoms with E-state index in [0.717, 1.165) is 36.1 Å². The maximum atomic E-state index is 13.6. The third-order valence-corrected chi connectivity index (χ3v) is 7.92. The van der Waals surface area contributed by atoms with Crippen molar-refractivity contribution in [3.8, 4) is 10.4 Å². The van der Waals surface area contributed by atoms with E-state index in [-0.39, 0.29) is 23.8 Å². The van der Waals surface area contributed by atoms with E-state index in [0.29, 0.717) is 28.7 Å². The Kier molecular flexibility index (Phi) is 8.08. The van der Waals surface area contributed by atoms with Gasteiger partial charge in [0, 0.05) is 22.5 Å². The molecule has 0 saturated heterocycles. The average Bonchev–Trinajstić information content (AvgIpc) is 3.55. The Hall–Kier alpha value is -3.20. The summed E-state index contributed by atoms with van der Waals surface area (Å²) in [6, 6.07) is 9.15. The van der Waals surface area contributed by atoms with Crippen molar-refractivity contribution < 1.29 is 23.9 Å². The summed E-state index contributed by atoms with van der Waals surface area (Å²) in [5.41, 5.74) is 2.10. The fourth-order valence-corrected chi connectivity index (χ4v) is 5.75. The Morgan fingerprint density at radius 2 is 1.83 bits per heavy atom. The molecular weight excluding hydrogens is 478 g/mol. The zero-order valence-electron chi connectivity index (χ0n) is 21.2. The molecule has 2 heterocycles. The first-order valence-corrected chi connectivity index (χ1v) is 13.2. The van der Waals surface area contributed by atoms with E-state index in [1.54, 1.807) is 17.0 Å². The predicted octanol–water partition coefficient (Wildman–Crippen LogP) is 5.14. The van der Waals surface area contributed by atoms with Crippen LogP contribution in [0.1, 0.15) is 56.1 Å². The van der Waals surface area contributed by atoms with Crippen LogP contribution < -0.4 is 10.2 Å². The number of nitrogens with zero attached hydrogens (tertiary/aromatic N) is 2. The lowest BCUT2D eigenvalue weighted by atomic mass is 9.82. The molecule has 9 heteroatoms. The molecule has 1 aliphatic carbocycles. The molecule has 1 aromatic carbocycles. The summed E-state index contributed by atoms with van der Waals surface area (Å²) >= 11 is 1.30. The van der Waals surface area contributed by atoms with Gasteiger partial charge in [-0.2, -0.15) is 0 Å². The number of esters is 1. The van der Waals surface area contributed by atoms with Crippen LogP contribution in [0.2, 0.25) is 0 Å². The molecule has 0 radical (unpaired) electrons. The van der Waals surface area contributed by atoms with Crippen LogP contribution in [0.3, 0.4) is 0 Å². The summed E-state index contributed by atoms with van der Waals surface area (Å²) in [5, 5.41) is 2.83. The summed E-state index contributed by atoms with van der Waals surface area (Å²) < 4.78 is 10.2. The van der Waals surface area contributed by atoms with Crippen molar-refractivity contribution >= 4 is 46.9 Å². The van der Waals surface area contributed by atoms with Gasteiger partial charge in [-0.15, -0.1) is 11.3 Å². The van der Waals surface area contributed by atoms with E-state index in [2.05, 4.69) is 17.2 Å². The second kappa shape index (κ2) is 11.2. The monoisotopic (exact) mass is 511 g/mol. The van der Waals surface area contributed by atoms with Crippen molar-refractivity contribution in [2.24, 2.45) is 16.8 Å². The quantitative estimate of drug-likeness (QED) is 0.520. The Morgan fingerprint density at radius 1 is 1.14 bits per heavy atom. The average molecular weight is 512 g/mol. The highest BCUT2D eigenvalue weighted by Crippen LogP contribution is 2.40. The fraction of sp³-hybridized carbons (Fsp3) is 0.481. The van der Waals surface area contributed by atoms with E-state index in [1.807, 2.05) is 32.0 Å². The lowest BCUT2D eigenvalue weighted by molar-refractivity contribution is -0.124. The van der Waals surface area contributed by atoms with Crippen LogP contribution in [0.4, 0.5) is 11.4 Å². The molecule has 0 spiro atoms. The van der Waals surface area contributed by atoms with Crippen molar-refractivity contribution in [3.63, 3.8) is 0 Å². The van der Waals surface area contributed by atoms with Gasteiger partial charge in [0.05, 0.1) is 19.3 Å². The number of aliphatic imine (C=N–C) groups is 1. The van der Waals surface area contributed by atoms with E-state index in [1.165, 1.54) is 24.8 Å². The highest BCUT2D eigenvalue weighted by atomic mass is 32.1. The SMILES string of the molecule is COC(=O)c1sc(-c2ccc(NC(=O)C3CN=CO3)cc2)cc1N(C(=O)C1CCC(C)CC1)C(C)C. The molecule has 2 aromatic rings. The number of rotatable bonds is 7. The van der Waals surface area contributed by atoms with Gasteiger partial charge in [-0.05, 0) is 69.2 Å². The molecule has 192 valence electrons. The maximum Gasteiger partial charge on any atom is 0.350 e. The Balaban J connectivity index is 1.59. The molecule has 1 atom stereocenters. The standard InChI is InChI=1S/C27H33N3O5S/c1-16(2)30(26(32)19-7-5-17(3)6-8-19)21-13-23(36-24(21)27(33)34-4)18-9-11-20(12-10-18)29-25(31)22-14-28-15-35-22/h9-13,15-17,19,22H,5-8,14H2,1-4H3,(H,29,31). The molecule has 1 saturated carbocycles. The highest BCUT2D eigenvalue weighted by Gasteiger charge is 2.33. The summed E-state index contributed by atoms with van der Waals surface area (Å²) in [5.74, 6) is -0.0293. The minimum Gasteiger partial charge on any atom is -0.469 e. The Labute approximate surface area is 215 Å². The van der Waals surface area contributed by atoms with Gasteiger partial charge in [0.1, 0.15) is 4.88 Å². The molecule has 8 nitrogen and oxygen atoms in total. The maximum absolute atomic E-state index is 13.6. The molecular formula is C27H33N3O5S. The van der Waals surface area contributed by atoms with Gasteiger partial charge in [0.25, 0.3) is 5.91 Å². The number of methoxy groups -OCH3 is 1. The zero-order chi connectivity index (χ0) is 25.8. The van der Waals surface area contributed by atoms with Gasteiger partial charge in [-0.25, -0.2) is 4.79 Å². The first-order chi connectivity index (χ1) is 17.3. The fourth-order valence-electron chi connectivity index (χ4n) is 4.68. The van der Waals surface area contributed by atoms with Gasteiger partial charge in [-0.3, -0.25) is 14.6 Å². The lowest BCUT2D eigenvalue weighted by Crippen LogP contribution is -2.42. The summed E-state index contributed by atoms with van der Waals surface area (Å²) in [4.78, 5) is 45.6. The molecule has 1 aliphatic heterocycles. The van der Waals surface area contributed by atoms with Gasteiger partial charge < -0.3 is 19.7 Å². The summed E-state index contributed by atoms with van der Waals surface area (Å²) in [6.45, 7) is 6.48. The molecule has 1 aromatic heterocycles. The number of carbonyl (C=O) groups excluding carboxylic acids is 3. The number of benzene rings is 1. The number of amides is 2. The van der Waals surface area contributed by atoms with Crippen molar-refractivity contribution in [2.75, 3.05) is 23.9 Å². The molecule has 2 amide bonds. The topological polar surface area (TPSA) is 97.3 Å². The smallest absolute Gasteiger partial charge is 0.350 e. The van der Waals surface area contributed by atoms with Crippen LogP contribution in [0.25, 0.3) is 10.4 Å². The third kappa shape index (κ3) is 5.61. The first kappa shape index (κ1) is 25.9. The van der Waals surface area contributed by atoms with Crippen LogP contribution in [-0.2, 0) is 19.1 Å². The van der Waals surface area contributed by atoms with Gasteiger partial charge >= 0.3 is 5.97 Å². The van der Waals surface area contributed by atoms with Crippen LogP contribution in [-0.4, -0.2) is 50.0 Å².